The molecule has 1 aliphatic rings. The van der Waals surface area contributed by atoms with Gasteiger partial charge in [-0.1, -0.05) is 6.92 Å². The Kier molecular flexibility index (Phi) is 5.40. The average Bonchev–Trinajstić information content (AvgIpc) is 2.89. The lowest BCUT2D eigenvalue weighted by Crippen LogP contribution is -2.37. The second kappa shape index (κ2) is 7.06. The molecule has 1 saturated heterocycles. The standard InChI is InChI=1S/C15H24N2OS/c1-13-4-3-7-17(10-13)8-5-15(18)16(2)11-14-6-9-19-12-14/h6,9,12-13H,3-5,7-8,10-11H2,1-2H3. The maximum absolute atomic E-state index is 12.1. The van der Waals surface area contributed by atoms with E-state index in [1.54, 1.807) is 11.3 Å². The van der Waals surface area contributed by atoms with E-state index < -0.39 is 0 Å². The van der Waals surface area contributed by atoms with Gasteiger partial charge in [-0.2, -0.15) is 11.3 Å². The molecule has 1 fully saturated rings. The molecule has 1 unspecified atom stereocenters. The summed E-state index contributed by atoms with van der Waals surface area (Å²) >= 11 is 1.68. The second-order valence-electron chi connectivity index (χ2n) is 5.68. The maximum atomic E-state index is 12.1. The number of hydrogen-bond donors (Lipinski definition) is 0. The molecular formula is C15H24N2OS. The van der Waals surface area contributed by atoms with Crippen LogP contribution in [-0.4, -0.2) is 42.4 Å². The molecule has 3 nitrogen and oxygen atoms in total. The molecule has 106 valence electrons. The van der Waals surface area contributed by atoms with Crippen LogP contribution in [0.5, 0.6) is 0 Å². The number of carbonyl (C=O) groups excluding carboxylic acids is 1. The summed E-state index contributed by atoms with van der Waals surface area (Å²) in [5, 5.41) is 4.17. The summed E-state index contributed by atoms with van der Waals surface area (Å²) in [5.41, 5.74) is 1.23. The highest BCUT2D eigenvalue weighted by molar-refractivity contribution is 7.07. The molecular weight excluding hydrogens is 256 g/mol. The molecule has 0 bridgehead atoms. The van der Waals surface area contributed by atoms with Crippen molar-refractivity contribution in [3.8, 4) is 0 Å². The quantitative estimate of drug-likeness (QED) is 0.828. The minimum Gasteiger partial charge on any atom is -0.341 e. The normalized spacial score (nSPS) is 20.4. The van der Waals surface area contributed by atoms with E-state index >= 15 is 0 Å². The van der Waals surface area contributed by atoms with E-state index in [-0.39, 0.29) is 5.91 Å². The zero-order chi connectivity index (χ0) is 13.7. The van der Waals surface area contributed by atoms with Gasteiger partial charge in [-0.3, -0.25) is 4.79 Å². The number of carbonyl (C=O) groups is 1. The monoisotopic (exact) mass is 280 g/mol. The number of amides is 1. The third-order valence-corrected chi connectivity index (χ3v) is 4.54. The maximum Gasteiger partial charge on any atom is 0.223 e. The van der Waals surface area contributed by atoms with E-state index in [1.807, 2.05) is 11.9 Å². The number of likely N-dealkylation sites (tertiary alicyclic amines) is 1. The molecule has 2 rings (SSSR count). The van der Waals surface area contributed by atoms with Gasteiger partial charge < -0.3 is 9.80 Å². The fourth-order valence-corrected chi connectivity index (χ4v) is 3.34. The Morgan fingerprint density at radius 3 is 3.11 bits per heavy atom. The van der Waals surface area contributed by atoms with Gasteiger partial charge in [0.25, 0.3) is 0 Å². The Morgan fingerprint density at radius 1 is 1.58 bits per heavy atom. The first-order valence-corrected chi connectivity index (χ1v) is 8.07. The summed E-state index contributed by atoms with van der Waals surface area (Å²) in [7, 11) is 1.90. The van der Waals surface area contributed by atoms with Crippen molar-refractivity contribution in [2.45, 2.75) is 32.7 Å². The molecule has 1 amide bonds. The number of thiophene rings is 1. The van der Waals surface area contributed by atoms with Gasteiger partial charge >= 0.3 is 0 Å². The van der Waals surface area contributed by atoms with Gasteiger partial charge in [0.05, 0.1) is 0 Å². The summed E-state index contributed by atoms with van der Waals surface area (Å²) in [6.45, 7) is 6.26. The van der Waals surface area contributed by atoms with Crippen LogP contribution in [0.4, 0.5) is 0 Å². The van der Waals surface area contributed by atoms with Crippen molar-refractivity contribution in [3.05, 3.63) is 22.4 Å². The van der Waals surface area contributed by atoms with Crippen molar-refractivity contribution in [1.29, 1.82) is 0 Å². The lowest BCUT2D eigenvalue weighted by molar-refractivity contribution is -0.130. The van der Waals surface area contributed by atoms with Crippen LogP contribution in [0.3, 0.4) is 0 Å². The van der Waals surface area contributed by atoms with Crippen LogP contribution >= 0.6 is 11.3 Å². The van der Waals surface area contributed by atoms with Crippen LogP contribution in [0.2, 0.25) is 0 Å². The first-order chi connectivity index (χ1) is 9.15. The van der Waals surface area contributed by atoms with Crippen molar-refractivity contribution in [3.63, 3.8) is 0 Å². The van der Waals surface area contributed by atoms with Crippen molar-refractivity contribution in [1.82, 2.24) is 9.80 Å². The minimum atomic E-state index is 0.254. The molecule has 0 aliphatic carbocycles. The molecule has 0 aromatic carbocycles. The van der Waals surface area contributed by atoms with Gasteiger partial charge in [-0.15, -0.1) is 0 Å². The fraction of sp³-hybridized carbons (Fsp3) is 0.667. The van der Waals surface area contributed by atoms with Gasteiger partial charge in [-0.05, 0) is 47.7 Å². The fourth-order valence-electron chi connectivity index (χ4n) is 2.68. The molecule has 0 radical (unpaired) electrons. The van der Waals surface area contributed by atoms with E-state index in [0.717, 1.165) is 32.1 Å². The van der Waals surface area contributed by atoms with E-state index in [0.29, 0.717) is 6.42 Å². The molecule has 1 aromatic rings. The van der Waals surface area contributed by atoms with Crippen molar-refractivity contribution in [2.24, 2.45) is 5.92 Å². The third-order valence-electron chi connectivity index (χ3n) is 3.81. The van der Waals surface area contributed by atoms with Gasteiger partial charge in [0.15, 0.2) is 0 Å². The Balaban J connectivity index is 1.71. The number of rotatable bonds is 5. The van der Waals surface area contributed by atoms with Gasteiger partial charge in [0.1, 0.15) is 0 Å². The van der Waals surface area contributed by atoms with Crippen molar-refractivity contribution < 1.29 is 4.79 Å². The van der Waals surface area contributed by atoms with Gasteiger partial charge in [0, 0.05) is 33.1 Å². The predicted molar refractivity (Wildman–Crippen MR) is 80.2 cm³/mol. The molecule has 19 heavy (non-hydrogen) atoms. The smallest absolute Gasteiger partial charge is 0.223 e. The molecule has 1 atom stereocenters. The van der Waals surface area contributed by atoms with Crippen molar-refractivity contribution >= 4 is 17.2 Å². The van der Waals surface area contributed by atoms with Crippen molar-refractivity contribution in [2.75, 3.05) is 26.7 Å². The van der Waals surface area contributed by atoms with Crippen LogP contribution in [0.15, 0.2) is 16.8 Å². The SMILES string of the molecule is CC1CCCN(CCC(=O)N(C)Cc2ccsc2)C1. The van der Waals surface area contributed by atoms with Crippen LogP contribution in [-0.2, 0) is 11.3 Å². The highest BCUT2D eigenvalue weighted by atomic mass is 32.1. The van der Waals surface area contributed by atoms with E-state index in [2.05, 4.69) is 28.7 Å². The molecule has 0 spiro atoms. The third kappa shape index (κ3) is 4.62. The first kappa shape index (κ1) is 14.5. The Hall–Kier alpha value is -0.870. The molecule has 4 heteroatoms. The largest absolute Gasteiger partial charge is 0.341 e. The van der Waals surface area contributed by atoms with Gasteiger partial charge in [-0.25, -0.2) is 0 Å². The molecule has 0 saturated carbocycles. The Morgan fingerprint density at radius 2 is 2.42 bits per heavy atom. The van der Waals surface area contributed by atoms with Gasteiger partial charge in [0.2, 0.25) is 5.91 Å². The Labute approximate surface area is 120 Å². The van der Waals surface area contributed by atoms with Crippen LogP contribution in [0, 0.1) is 5.92 Å². The number of nitrogens with zero attached hydrogens (tertiary/aromatic N) is 2. The summed E-state index contributed by atoms with van der Waals surface area (Å²) < 4.78 is 0. The van der Waals surface area contributed by atoms with Crippen LogP contribution < -0.4 is 0 Å². The first-order valence-electron chi connectivity index (χ1n) is 7.12. The zero-order valence-corrected chi connectivity index (χ0v) is 12.8. The van der Waals surface area contributed by atoms with E-state index in [9.17, 15) is 4.79 Å². The lowest BCUT2D eigenvalue weighted by Gasteiger charge is -2.31. The lowest BCUT2D eigenvalue weighted by atomic mass is 10.0. The van der Waals surface area contributed by atoms with E-state index in [1.165, 1.54) is 18.4 Å². The molecule has 1 aromatic heterocycles. The average molecular weight is 280 g/mol. The predicted octanol–water partition coefficient (Wildman–Crippen LogP) is 2.83. The topological polar surface area (TPSA) is 23.6 Å². The Bertz CT molecular complexity index is 391. The number of piperidine rings is 1. The highest BCUT2D eigenvalue weighted by Gasteiger charge is 2.17. The second-order valence-corrected chi connectivity index (χ2v) is 6.46. The van der Waals surface area contributed by atoms with Crippen LogP contribution in [0.1, 0.15) is 31.7 Å². The van der Waals surface area contributed by atoms with E-state index in [4.69, 9.17) is 0 Å². The number of hydrogen-bond acceptors (Lipinski definition) is 3. The summed E-state index contributed by atoms with van der Waals surface area (Å²) in [4.78, 5) is 16.4. The summed E-state index contributed by atoms with van der Waals surface area (Å²) in [6.07, 6.45) is 3.26. The molecule has 0 N–H and O–H groups in total. The summed E-state index contributed by atoms with van der Waals surface area (Å²) in [6, 6.07) is 2.08. The molecule has 2 heterocycles. The van der Waals surface area contributed by atoms with Crippen LogP contribution in [0.25, 0.3) is 0 Å². The minimum absolute atomic E-state index is 0.254. The zero-order valence-electron chi connectivity index (χ0n) is 12.0. The molecule has 1 aliphatic heterocycles. The highest BCUT2D eigenvalue weighted by Crippen LogP contribution is 2.16. The summed E-state index contributed by atoms with van der Waals surface area (Å²) in [5.74, 6) is 1.04.